The van der Waals surface area contributed by atoms with Gasteiger partial charge in [0, 0.05) is 49.6 Å². The van der Waals surface area contributed by atoms with Crippen LogP contribution in [-0.4, -0.2) is 45.5 Å². The van der Waals surface area contributed by atoms with Crippen molar-refractivity contribution >= 4 is 23.1 Å². The Balaban J connectivity index is 2.47. The SMILES string of the molecule is CCOc1cc(N(CC)CC)ccc1N(C)/N=C(\C(=O)OC)c1cc[n+](C)cc1. The third-order valence-electron chi connectivity index (χ3n) is 4.60. The van der Waals surface area contributed by atoms with Gasteiger partial charge in [0.15, 0.2) is 18.1 Å². The average Bonchev–Trinajstić information content (AvgIpc) is 2.73. The van der Waals surface area contributed by atoms with Crippen molar-refractivity contribution in [2.75, 3.05) is 43.8 Å². The highest BCUT2D eigenvalue weighted by atomic mass is 16.5. The molecule has 1 aromatic heterocycles. The molecule has 0 radical (unpaired) electrons. The fourth-order valence-corrected chi connectivity index (χ4v) is 3.00. The monoisotopic (exact) mass is 399 g/mol. The van der Waals surface area contributed by atoms with Crippen LogP contribution in [0.3, 0.4) is 0 Å². The maximum Gasteiger partial charge on any atom is 0.359 e. The number of benzene rings is 1. The first-order valence-electron chi connectivity index (χ1n) is 9.83. The molecule has 0 fully saturated rings. The van der Waals surface area contributed by atoms with E-state index in [1.807, 2.05) is 61.3 Å². The summed E-state index contributed by atoms with van der Waals surface area (Å²) in [6.07, 6.45) is 3.72. The van der Waals surface area contributed by atoms with Gasteiger partial charge in [-0.2, -0.15) is 5.10 Å². The van der Waals surface area contributed by atoms with E-state index in [9.17, 15) is 4.79 Å². The zero-order chi connectivity index (χ0) is 21.4. The van der Waals surface area contributed by atoms with Gasteiger partial charge in [-0.3, -0.25) is 5.01 Å². The van der Waals surface area contributed by atoms with Crippen molar-refractivity contribution in [1.29, 1.82) is 0 Å². The van der Waals surface area contributed by atoms with E-state index in [-0.39, 0.29) is 5.71 Å². The molecule has 0 aliphatic rings. The first-order valence-corrected chi connectivity index (χ1v) is 9.83. The lowest BCUT2D eigenvalue weighted by atomic mass is 10.1. The van der Waals surface area contributed by atoms with Gasteiger partial charge in [-0.15, -0.1) is 0 Å². The number of anilines is 2. The number of nitrogens with zero attached hydrogens (tertiary/aromatic N) is 4. The largest absolute Gasteiger partial charge is 0.492 e. The van der Waals surface area contributed by atoms with Crippen LogP contribution in [0.2, 0.25) is 0 Å². The van der Waals surface area contributed by atoms with Gasteiger partial charge < -0.3 is 14.4 Å². The number of rotatable bonds is 9. The standard InChI is InChI=1S/C22H31N4O3/c1-7-26(8-2)18-10-11-19(20(16-18)29-9-3)25(5)23-21(22(27)28-6)17-12-14-24(4)15-13-17/h10-16H,7-9H2,1-6H3/q+1. The molecule has 29 heavy (non-hydrogen) atoms. The Hall–Kier alpha value is -3.09. The second kappa shape index (κ2) is 10.5. The van der Waals surface area contributed by atoms with Crippen molar-refractivity contribution in [3.8, 4) is 5.75 Å². The number of aryl methyl sites for hydroxylation is 1. The number of carbonyl (C=O) groups excluding carboxylic acids is 1. The predicted octanol–water partition coefficient (Wildman–Crippen LogP) is 2.77. The molecule has 0 atom stereocenters. The first kappa shape index (κ1) is 22.2. The minimum Gasteiger partial charge on any atom is -0.492 e. The highest BCUT2D eigenvalue weighted by Crippen LogP contribution is 2.33. The third kappa shape index (κ3) is 5.47. The van der Waals surface area contributed by atoms with E-state index in [0.717, 1.165) is 24.5 Å². The van der Waals surface area contributed by atoms with Crippen LogP contribution in [0.15, 0.2) is 47.8 Å². The molecule has 0 N–H and O–H groups in total. The fourth-order valence-electron chi connectivity index (χ4n) is 3.00. The van der Waals surface area contributed by atoms with Gasteiger partial charge in [0.1, 0.15) is 18.5 Å². The summed E-state index contributed by atoms with van der Waals surface area (Å²) in [5.74, 6) is 0.218. The molecule has 0 aliphatic carbocycles. The van der Waals surface area contributed by atoms with Crippen molar-refractivity contribution in [3.05, 3.63) is 48.3 Å². The van der Waals surface area contributed by atoms with Gasteiger partial charge in [0.05, 0.1) is 13.7 Å². The van der Waals surface area contributed by atoms with Crippen LogP contribution in [0.4, 0.5) is 11.4 Å². The quantitative estimate of drug-likeness (QED) is 0.281. The predicted molar refractivity (Wildman–Crippen MR) is 116 cm³/mol. The Morgan fingerprint density at radius 1 is 1.10 bits per heavy atom. The normalized spacial score (nSPS) is 11.2. The third-order valence-corrected chi connectivity index (χ3v) is 4.60. The molecule has 0 saturated heterocycles. The van der Waals surface area contributed by atoms with Crippen molar-refractivity contribution in [2.45, 2.75) is 20.8 Å². The molecule has 0 saturated carbocycles. The average molecular weight is 400 g/mol. The number of hydrogen-bond acceptors (Lipinski definition) is 6. The lowest BCUT2D eigenvalue weighted by molar-refractivity contribution is -0.671. The summed E-state index contributed by atoms with van der Waals surface area (Å²) in [6.45, 7) is 8.54. The van der Waals surface area contributed by atoms with Crippen LogP contribution in [0.25, 0.3) is 0 Å². The molecule has 0 amide bonds. The van der Waals surface area contributed by atoms with Crippen LogP contribution < -0.4 is 19.2 Å². The Morgan fingerprint density at radius 2 is 1.76 bits per heavy atom. The van der Waals surface area contributed by atoms with E-state index in [1.165, 1.54) is 7.11 Å². The minimum atomic E-state index is -0.497. The summed E-state index contributed by atoms with van der Waals surface area (Å²) in [7, 11) is 5.06. The summed E-state index contributed by atoms with van der Waals surface area (Å²) < 4.78 is 12.7. The molecule has 2 aromatic rings. The topological polar surface area (TPSA) is 58.3 Å². The maximum atomic E-state index is 12.4. The summed E-state index contributed by atoms with van der Waals surface area (Å²) >= 11 is 0. The number of aromatic nitrogens is 1. The fraction of sp³-hybridized carbons (Fsp3) is 0.409. The zero-order valence-corrected chi connectivity index (χ0v) is 18.2. The Labute approximate surface area is 173 Å². The molecule has 1 heterocycles. The summed E-state index contributed by atoms with van der Waals surface area (Å²) in [4.78, 5) is 14.6. The molecular formula is C22H31N4O3+. The summed E-state index contributed by atoms with van der Waals surface area (Å²) in [5, 5.41) is 6.20. The molecule has 0 bridgehead atoms. The first-order chi connectivity index (χ1) is 13.9. The number of ether oxygens (including phenoxy) is 2. The van der Waals surface area contributed by atoms with Crippen molar-refractivity contribution in [2.24, 2.45) is 12.1 Å². The van der Waals surface area contributed by atoms with Crippen LogP contribution in [0.1, 0.15) is 26.3 Å². The highest BCUT2D eigenvalue weighted by Gasteiger charge is 2.19. The van der Waals surface area contributed by atoms with Crippen LogP contribution >= 0.6 is 0 Å². The van der Waals surface area contributed by atoms with Gasteiger partial charge >= 0.3 is 5.97 Å². The van der Waals surface area contributed by atoms with E-state index in [1.54, 1.807) is 12.1 Å². The lowest BCUT2D eigenvalue weighted by Crippen LogP contribution is -2.28. The van der Waals surface area contributed by atoms with E-state index in [4.69, 9.17) is 9.47 Å². The number of hydrazone groups is 1. The molecule has 7 heteroatoms. The highest BCUT2D eigenvalue weighted by molar-refractivity contribution is 6.43. The smallest absolute Gasteiger partial charge is 0.359 e. The van der Waals surface area contributed by atoms with E-state index < -0.39 is 5.97 Å². The van der Waals surface area contributed by atoms with Crippen LogP contribution in [0, 0.1) is 0 Å². The molecule has 156 valence electrons. The number of carbonyl (C=O) groups is 1. The summed E-state index contributed by atoms with van der Waals surface area (Å²) in [6, 6.07) is 9.67. The van der Waals surface area contributed by atoms with Crippen LogP contribution in [-0.2, 0) is 16.6 Å². The molecule has 2 rings (SSSR count). The van der Waals surface area contributed by atoms with E-state index in [0.29, 0.717) is 17.9 Å². The van der Waals surface area contributed by atoms with Gasteiger partial charge in [0.2, 0.25) is 0 Å². The van der Waals surface area contributed by atoms with Gasteiger partial charge in [0.25, 0.3) is 0 Å². The Bertz CT molecular complexity index is 846. The molecular weight excluding hydrogens is 368 g/mol. The van der Waals surface area contributed by atoms with Gasteiger partial charge in [-0.25, -0.2) is 9.36 Å². The number of methoxy groups -OCH3 is 1. The number of esters is 1. The summed E-state index contributed by atoms with van der Waals surface area (Å²) in [5.41, 5.74) is 2.76. The number of hydrogen-bond donors (Lipinski definition) is 0. The van der Waals surface area contributed by atoms with Crippen molar-refractivity contribution in [1.82, 2.24) is 0 Å². The molecule has 0 spiro atoms. The van der Waals surface area contributed by atoms with Gasteiger partial charge in [-0.1, -0.05) is 0 Å². The molecule has 7 nitrogen and oxygen atoms in total. The van der Waals surface area contributed by atoms with E-state index >= 15 is 0 Å². The minimum absolute atomic E-state index is 0.228. The molecule has 1 aromatic carbocycles. The van der Waals surface area contributed by atoms with Gasteiger partial charge in [-0.05, 0) is 32.9 Å². The van der Waals surface area contributed by atoms with Crippen molar-refractivity contribution in [3.63, 3.8) is 0 Å². The maximum absolute atomic E-state index is 12.4. The second-order valence-electron chi connectivity index (χ2n) is 6.47. The zero-order valence-electron chi connectivity index (χ0n) is 18.2. The Morgan fingerprint density at radius 3 is 2.31 bits per heavy atom. The van der Waals surface area contributed by atoms with Crippen molar-refractivity contribution < 1.29 is 18.8 Å². The Kier molecular flexibility index (Phi) is 8.00. The second-order valence-corrected chi connectivity index (χ2v) is 6.47. The lowest BCUT2D eigenvalue weighted by Gasteiger charge is -2.24. The van der Waals surface area contributed by atoms with Crippen LogP contribution in [0.5, 0.6) is 5.75 Å². The molecule has 0 unspecified atom stereocenters. The number of pyridine rings is 1. The molecule has 0 aliphatic heterocycles. The van der Waals surface area contributed by atoms with E-state index in [2.05, 4.69) is 23.8 Å².